The molecule has 3 aromatic carbocycles. The van der Waals surface area contributed by atoms with Crippen LogP contribution in [0.2, 0.25) is 0 Å². The highest BCUT2D eigenvalue weighted by Crippen LogP contribution is 2.23. The second-order valence-electron chi connectivity index (χ2n) is 6.50. The number of halogens is 1. The lowest BCUT2D eigenvalue weighted by Gasteiger charge is -2.04. The fourth-order valence-electron chi connectivity index (χ4n) is 3.12. The summed E-state index contributed by atoms with van der Waals surface area (Å²) in [6.07, 6.45) is 0. The summed E-state index contributed by atoms with van der Waals surface area (Å²) >= 11 is 5.01. The molecule has 0 atom stereocenters. The summed E-state index contributed by atoms with van der Waals surface area (Å²) in [5.41, 5.74) is 3.81. The normalized spacial score (nSPS) is 11.9. The number of benzene rings is 3. The van der Waals surface area contributed by atoms with E-state index in [1.165, 1.54) is 11.3 Å². The zero-order chi connectivity index (χ0) is 20.2. The summed E-state index contributed by atoms with van der Waals surface area (Å²) in [7, 11) is 1.67. The molecule has 4 nitrogen and oxygen atoms in total. The van der Waals surface area contributed by atoms with E-state index in [0.717, 1.165) is 25.8 Å². The molecule has 0 aliphatic rings. The Kier molecular flexibility index (Phi) is 6.04. The highest BCUT2D eigenvalue weighted by molar-refractivity contribution is 9.10. The van der Waals surface area contributed by atoms with Gasteiger partial charge in [0.25, 0.3) is 5.91 Å². The number of thiazole rings is 1. The standard InChI is InChI=1S/C23H19BrN2O2S/c1-28-14-13-26-20-12-11-19(24)15-21(20)29-23(26)25-22(27)18-9-7-17(8-10-18)16-5-3-2-4-6-16/h2-12,15H,13-14H2,1H3. The third-order valence-electron chi connectivity index (χ3n) is 4.60. The zero-order valence-electron chi connectivity index (χ0n) is 15.8. The smallest absolute Gasteiger partial charge is 0.279 e. The van der Waals surface area contributed by atoms with Crippen LogP contribution in [0.5, 0.6) is 0 Å². The molecular weight excluding hydrogens is 448 g/mol. The molecule has 0 bridgehead atoms. The van der Waals surface area contributed by atoms with Gasteiger partial charge in [0.05, 0.1) is 16.8 Å². The Bertz CT molecular complexity index is 1210. The average molecular weight is 467 g/mol. The molecule has 0 fully saturated rings. The predicted molar refractivity (Wildman–Crippen MR) is 121 cm³/mol. The van der Waals surface area contributed by atoms with E-state index in [4.69, 9.17) is 4.74 Å². The van der Waals surface area contributed by atoms with Crippen LogP contribution < -0.4 is 4.80 Å². The maximum Gasteiger partial charge on any atom is 0.279 e. The number of carbonyl (C=O) groups is 1. The Labute approximate surface area is 181 Å². The quantitative estimate of drug-likeness (QED) is 0.388. The largest absolute Gasteiger partial charge is 0.383 e. The Hall–Kier alpha value is -2.54. The highest BCUT2D eigenvalue weighted by Gasteiger charge is 2.10. The first-order valence-electron chi connectivity index (χ1n) is 9.18. The maximum absolute atomic E-state index is 12.8. The molecule has 0 saturated carbocycles. The van der Waals surface area contributed by atoms with E-state index < -0.39 is 0 Å². The van der Waals surface area contributed by atoms with E-state index in [0.29, 0.717) is 23.5 Å². The van der Waals surface area contributed by atoms with Crippen molar-refractivity contribution < 1.29 is 9.53 Å². The summed E-state index contributed by atoms with van der Waals surface area (Å²) < 4.78 is 9.34. The number of rotatable bonds is 5. The van der Waals surface area contributed by atoms with Gasteiger partial charge >= 0.3 is 0 Å². The van der Waals surface area contributed by atoms with Crippen molar-refractivity contribution in [1.29, 1.82) is 0 Å². The topological polar surface area (TPSA) is 43.6 Å². The highest BCUT2D eigenvalue weighted by atomic mass is 79.9. The molecule has 1 amide bonds. The van der Waals surface area contributed by atoms with Gasteiger partial charge in [0, 0.05) is 23.7 Å². The SMILES string of the molecule is COCCn1c(=NC(=O)c2ccc(-c3ccccc3)cc2)sc2cc(Br)ccc21. The maximum atomic E-state index is 12.8. The van der Waals surface area contributed by atoms with Crippen LogP contribution in [0.25, 0.3) is 21.3 Å². The molecule has 1 heterocycles. The zero-order valence-corrected chi connectivity index (χ0v) is 18.2. The lowest BCUT2D eigenvalue weighted by molar-refractivity contribution is 0.0997. The van der Waals surface area contributed by atoms with Gasteiger partial charge in [-0.05, 0) is 41.5 Å². The molecule has 0 unspecified atom stereocenters. The van der Waals surface area contributed by atoms with E-state index in [1.54, 1.807) is 7.11 Å². The van der Waals surface area contributed by atoms with Gasteiger partial charge < -0.3 is 9.30 Å². The molecule has 0 spiro atoms. The molecule has 4 aromatic rings. The molecule has 146 valence electrons. The molecule has 6 heteroatoms. The number of amides is 1. The number of methoxy groups -OCH3 is 1. The summed E-state index contributed by atoms with van der Waals surface area (Å²) in [6, 6.07) is 23.7. The minimum Gasteiger partial charge on any atom is -0.383 e. The van der Waals surface area contributed by atoms with Gasteiger partial charge in [-0.1, -0.05) is 69.7 Å². The van der Waals surface area contributed by atoms with Gasteiger partial charge in [0.15, 0.2) is 4.80 Å². The summed E-state index contributed by atoms with van der Waals surface area (Å²) in [4.78, 5) is 17.9. The molecule has 4 rings (SSSR count). The van der Waals surface area contributed by atoms with Crippen molar-refractivity contribution in [2.45, 2.75) is 6.54 Å². The van der Waals surface area contributed by atoms with Crippen LogP contribution in [-0.4, -0.2) is 24.2 Å². The third kappa shape index (κ3) is 4.40. The van der Waals surface area contributed by atoms with Crippen LogP contribution in [-0.2, 0) is 11.3 Å². The van der Waals surface area contributed by atoms with Crippen molar-refractivity contribution in [3.05, 3.63) is 87.6 Å². The van der Waals surface area contributed by atoms with Crippen LogP contribution in [0.3, 0.4) is 0 Å². The second-order valence-corrected chi connectivity index (χ2v) is 8.43. The Morgan fingerprint density at radius 2 is 1.76 bits per heavy atom. The number of hydrogen-bond acceptors (Lipinski definition) is 3. The molecule has 0 aliphatic carbocycles. The Morgan fingerprint density at radius 3 is 2.48 bits per heavy atom. The number of nitrogens with zero attached hydrogens (tertiary/aromatic N) is 2. The van der Waals surface area contributed by atoms with Crippen molar-refractivity contribution in [2.24, 2.45) is 4.99 Å². The predicted octanol–water partition coefficient (Wildman–Crippen LogP) is 5.52. The van der Waals surface area contributed by atoms with Crippen LogP contribution in [0.1, 0.15) is 10.4 Å². The van der Waals surface area contributed by atoms with Crippen LogP contribution in [0, 0.1) is 0 Å². The fraction of sp³-hybridized carbons (Fsp3) is 0.130. The minimum atomic E-state index is -0.249. The molecule has 0 radical (unpaired) electrons. The van der Waals surface area contributed by atoms with Crippen molar-refractivity contribution in [3.63, 3.8) is 0 Å². The van der Waals surface area contributed by atoms with Crippen molar-refractivity contribution in [2.75, 3.05) is 13.7 Å². The monoisotopic (exact) mass is 466 g/mol. The second kappa shape index (κ2) is 8.86. The number of fused-ring (bicyclic) bond motifs is 1. The van der Waals surface area contributed by atoms with Crippen LogP contribution in [0.4, 0.5) is 0 Å². The molecule has 0 N–H and O–H groups in total. The number of ether oxygens (including phenoxy) is 1. The van der Waals surface area contributed by atoms with Gasteiger partial charge in [-0.15, -0.1) is 0 Å². The van der Waals surface area contributed by atoms with Crippen LogP contribution in [0.15, 0.2) is 82.3 Å². The lowest BCUT2D eigenvalue weighted by Crippen LogP contribution is -2.19. The summed E-state index contributed by atoms with van der Waals surface area (Å²) in [6.45, 7) is 1.19. The number of aromatic nitrogens is 1. The third-order valence-corrected chi connectivity index (χ3v) is 6.13. The van der Waals surface area contributed by atoms with E-state index in [1.807, 2.05) is 65.2 Å². The van der Waals surface area contributed by atoms with E-state index >= 15 is 0 Å². The number of hydrogen-bond donors (Lipinski definition) is 0. The average Bonchev–Trinajstić information content (AvgIpc) is 3.08. The van der Waals surface area contributed by atoms with Gasteiger partial charge in [-0.2, -0.15) is 4.99 Å². The van der Waals surface area contributed by atoms with Gasteiger partial charge in [0.1, 0.15) is 0 Å². The van der Waals surface area contributed by atoms with Crippen molar-refractivity contribution >= 4 is 43.4 Å². The van der Waals surface area contributed by atoms with Gasteiger partial charge in [0.2, 0.25) is 0 Å². The summed E-state index contributed by atoms with van der Waals surface area (Å²) in [5.74, 6) is -0.249. The van der Waals surface area contributed by atoms with Crippen molar-refractivity contribution in [3.8, 4) is 11.1 Å². The molecule has 0 saturated heterocycles. The van der Waals surface area contributed by atoms with Crippen molar-refractivity contribution in [1.82, 2.24) is 4.57 Å². The fourth-order valence-corrected chi connectivity index (χ4v) is 4.72. The number of carbonyl (C=O) groups excluding carboxylic acids is 1. The van der Waals surface area contributed by atoms with E-state index in [-0.39, 0.29) is 5.91 Å². The molecular formula is C23H19BrN2O2S. The van der Waals surface area contributed by atoms with E-state index in [2.05, 4.69) is 33.1 Å². The molecule has 0 aliphatic heterocycles. The first-order chi connectivity index (χ1) is 14.2. The van der Waals surface area contributed by atoms with Crippen LogP contribution >= 0.6 is 27.3 Å². The molecule has 1 aromatic heterocycles. The Morgan fingerprint density at radius 1 is 1.03 bits per heavy atom. The van der Waals surface area contributed by atoms with Gasteiger partial charge in [-0.25, -0.2) is 0 Å². The molecule has 29 heavy (non-hydrogen) atoms. The summed E-state index contributed by atoms with van der Waals surface area (Å²) in [5, 5.41) is 0. The van der Waals surface area contributed by atoms with E-state index in [9.17, 15) is 4.79 Å². The first kappa shape index (κ1) is 19.8. The lowest BCUT2D eigenvalue weighted by atomic mass is 10.0. The first-order valence-corrected chi connectivity index (χ1v) is 10.8. The minimum absolute atomic E-state index is 0.249. The Balaban J connectivity index is 1.70. The van der Waals surface area contributed by atoms with Gasteiger partial charge in [-0.3, -0.25) is 4.79 Å².